The number of nitrogens with zero attached hydrogens (tertiary/aromatic N) is 1. The van der Waals surface area contributed by atoms with E-state index in [1.807, 2.05) is 18.2 Å². The highest BCUT2D eigenvalue weighted by Gasteiger charge is 2.66. The number of carbonyl (C=O) groups is 2. The van der Waals surface area contributed by atoms with Crippen LogP contribution in [-0.2, 0) is 16.0 Å². The van der Waals surface area contributed by atoms with Crippen LogP contribution in [0, 0.1) is 35.5 Å². The van der Waals surface area contributed by atoms with Gasteiger partial charge in [0.15, 0.2) is 0 Å². The maximum Gasteiger partial charge on any atom is 0.233 e. The third kappa shape index (κ3) is 1.57. The van der Waals surface area contributed by atoms with Crippen LogP contribution in [0.5, 0.6) is 0 Å². The molecule has 5 aliphatic rings. The molecule has 2 saturated carbocycles. The highest BCUT2D eigenvalue weighted by atomic mass is 16.2. The molecule has 3 fully saturated rings. The second-order valence-corrected chi connectivity index (χ2v) is 7.22. The molecule has 1 aromatic rings. The number of imide groups is 1. The van der Waals surface area contributed by atoms with Crippen LogP contribution < -0.4 is 0 Å². The lowest BCUT2D eigenvalue weighted by Gasteiger charge is -2.37. The summed E-state index contributed by atoms with van der Waals surface area (Å²) in [7, 11) is 0. The molecule has 0 spiro atoms. The number of rotatable bonds is 3. The largest absolute Gasteiger partial charge is 0.282 e. The van der Waals surface area contributed by atoms with Gasteiger partial charge >= 0.3 is 0 Å². The Kier molecular flexibility index (Phi) is 2.47. The van der Waals surface area contributed by atoms with E-state index in [2.05, 4.69) is 24.3 Å². The fraction of sp³-hybridized carbons (Fsp3) is 0.474. The van der Waals surface area contributed by atoms with Gasteiger partial charge in [-0.2, -0.15) is 0 Å². The molecule has 1 aliphatic heterocycles. The first kappa shape index (κ1) is 12.6. The summed E-state index contributed by atoms with van der Waals surface area (Å²) in [5.74, 6) is 2.11. The maximum absolute atomic E-state index is 12.8. The van der Waals surface area contributed by atoms with E-state index in [0.29, 0.717) is 30.2 Å². The smallest absolute Gasteiger partial charge is 0.233 e. The van der Waals surface area contributed by atoms with E-state index in [-0.39, 0.29) is 23.7 Å². The zero-order valence-electron chi connectivity index (χ0n) is 12.4. The normalized spacial score (nSPS) is 40.8. The summed E-state index contributed by atoms with van der Waals surface area (Å²) in [6.45, 7) is 0.531. The van der Waals surface area contributed by atoms with Crippen LogP contribution in [0.1, 0.15) is 12.0 Å². The number of carbonyl (C=O) groups excluding carboxylic acids is 2. The van der Waals surface area contributed by atoms with Crippen molar-refractivity contribution in [3.63, 3.8) is 0 Å². The molecule has 1 aromatic carbocycles. The summed E-state index contributed by atoms with van der Waals surface area (Å²) in [4.78, 5) is 27.1. The Labute approximate surface area is 130 Å². The highest BCUT2D eigenvalue weighted by molar-refractivity contribution is 6.06. The number of amides is 2. The van der Waals surface area contributed by atoms with Crippen LogP contribution in [0.2, 0.25) is 0 Å². The second kappa shape index (κ2) is 4.31. The SMILES string of the molecule is O=C1[C@@H]2[C@@H]3C=C[C@@H]([C@H]4C[C@H]34)[C@@H]2C(=O)N1CCc1ccccc1. The highest BCUT2D eigenvalue weighted by Crippen LogP contribution is 2.65. The molecular formula is C19H19NO2. The Morgan fingerprint density at radius 1 is 0.909 bits per heavy atom. The molecular weight excluding hydrogens is 274 g/mol. The summed E-state index contributed by atoms with van der Waals surface area (Å²) in [5, 5.41) is 0. The lowest BCUT2D eigenvalue weighted by atomic mass is 9.63. The molecule has 3 nitrogen and oxygen atoms in total. The number of hydrogen-bond donors (Lipinski definition) is 0. The van der Waals surface area contributed by atoms with Crippen molar-refractivity contribution in [2.75, 3.05) is 6.54 Å². The van der Waals surface area contributed by atoms with Crippen molar-refractivity contribution in [1.29, 1.82) is 0 Å². The van der Waals surface area contributed by atoms with Gasteiger partial charge in [-0.15, -0.1) is 0 Å². The molecule has 1 heterocycles. The van der Waals surface area contributed by atoms with Gasteiger partial charge < -0.3 is 0 Å². The van der Waals surface area contributed by atoms with Crippen molar-refractivity contribution in [2.24, 2.45) is 35.5 Å². The van der Waals surface area contributed by atoms with Crippen molar-refractivity contribution in [3.8, 4) is 0 Å². The van der Waals surface area contributed by atoms with E-state index in [0.717, 1.165) is 6.42 Å². The Morgan fingerprint density at radius 3 is 2.09 bits per heavy atom. The molecule has 6 atom stereocenters. The van der Waals surface area contributed by atoms with E-state index in [4.69, 9.17) is 0 Å². The van der Waals surface area contributed by atoms with E-state index >= 15 is 0 Å². The fourth-order valence-corrected chi connectivity index (χ4v) is 5.12. The average molecular weight is 293 g/mol. The van der Waals surface area contributed by atoms with Gasteiger partial charge in [0.25, 0.3) is 0 Å². The molecule has 22 heavy (non-hydrogen) atoms. The van der Waals surface area contributed by atoms with Gasteiger partial charge in [0.1, 0.15) is 0 Å². The van der Waals surface area contributed by atoms with Crippen molar-refractivity contribution >= 4 is 11.8 Å². The number of allylic oxidation sites excluding steroid dienone is 2. The molecule has 1 saturated heterocycles. The quantitative estimate of drug-likeness (QED) is 0.633. The van der Waals surface area contributed by atoms with Crippen molar-refractivity contribution in [3.05, 3.63) is 48.0 Å². The summed E-state index contributed by atoms with van der Waals surface area (Å²) in [6.07, 6.45) is 6.44. The van der Waals surface area contributed by atoms with Gasteiger partial charge in [0, 0.05) is 6.54 Å². The van der Waals surface area contributed by atoms with E-state index in [1.54, 1.807) is 4.90 Å². The molecule has 0 aromatic heterocycles. The van der Waals surface area contributed by atoms with Gasteiger partial charge in [-0.1, -0.05) is 42.5 Å². The van der Waals surface area contributed by atoms with Crippen LogP contribution in [0.4, 0.5) is 0 Å². The van der Waals surface area contributed by atoms with Gasteiger partial charge in [0.05, 0.1) is 11.8 Å². The topological polar surface area (TPSA) is 37.4 Å². The van der Waals surface area contributed by atoms with Gasteiger partial charge in [-0.3, -0.25) is 14.5 Å². The van der Waals surface area contributed by atoms with Gasteiger partial charge in [-0.25, -0.2) is 0 Å². The zero-order chi connectivity index (χ0) is 14.8. The van der Waals surface area contributed by atoms with E-state index in [9.17, 15) is 9.59 Å². The molecule has 3 heteroatoms. The number of likely N-dealkylation sites (tertiary alicyclic amines) is 1. The van der Waals surface area contributed by atoms with Gasteiger partial charge in [-0.05, 0) is 42.1 Å². The average Bonchev–Trinajstić information content (AvgIpc) is 3.33. The van der Waals surface area contributed by atoms with Crippen LogP contribution in [0.25, 0.3) is 0 Å². The van der Waals surface area contributed by atoms with Crippen LogP contribution in [0.15, 0.2) is 42.5 Å². The van der Waals surface area contributed by atoms with Crippen molar-refractivity contribution in [2.45, 2.75) is 12.8 Å². The first-order valence-electron chi connectivity index (χ1n) is 8.33. The Morgan fingerprint density at radius 2 is 1.50 bits per heavy atom. The molecule has 4 aliphatic carbocycles. The maximum atomic E-state index is 12.8. The van der Waals surface area contributed by atoms with E-state index in [1.165, 1.54) is 12.0 Å². The summed E-state index contributed by atoms with van der Waals surface area (Å²) < 4.78 is 0. The molecule has 6 rings (SSSR count). The summed E-state index contributed by atoms with van der Waals surface area (Å²) >= 11 is 0. The minimum Gasteiger partial charge on any atom is -0.282 e. The fourth-order valence-electron chi connectivity index (χ4n) is 5.12. The molecule has 112 valence electrons. The van der Waals surface area contributed by atoms with Gasteiger partial charge in [0.2, 0.25) is 11.8 Å². The Balaban J connectivity index is 1.38. The zero-order valence-corrected chi connectivity index (χ0v) is 12.4. The number of hydrogen-bond acceptors (Lipinski definition) is 2. The summed E-state index contributed by atoms with van der Waals surface area (Å²) in [6, 6.07) is 10.1. The predicted molar refractivity (Wildman–Crippen MR) is 81.6 cm³/mol. The minimum atomic E-state index is -0.0537. The molecule has 0 unspecified atom stereocenters. The molecule has 0 N–H and O–H groups in total. The molecule has 0 radical (unpaired) electrons. The first-order chi connectivity index (χ1) is 10.8. The standard InChI is InChI=1S/C19H19NO2/c21-18-16-12-6-7-13(15-10-14(12)15)17(16)19(22)20(18)9-8-11-4-2-1-3-5-11/h1-7,12-17H,8-10H2/t12-,13+,14-,15-,16-,17+/m1/s1. The Hall–Kier alpha value is -1.90. The minimum absolute atomic E-state index is 0.0537. The van der Waals surface area contributed by atoms with Crippen LogP contribution in [0.3, 0.4) is 0 Å². The van der Waals surface area contributed by atoms with Crippen LogP contribution >= 0.6 is 0 Å². The first-order valence-corrected chi connectivity index (χ1v) is 8.33. The summed E-state index contributed by atoms with van der Waals surface area (Å²) in [5.41, 5.74) is 1.18. The Bertz CT molecular complexity index is 644. The predicted octanol–water partition coefficient (Wildman–Crippen LogP) is 2.28. The molecule has 2 bridgehead atoms. The lowest BCUT2D eigenvalue weighted by molar-refractivity contribution is -0.140. The van der Waals surface area contributed by atoms with Crippen molar-refractivity contribution < 1.29 is 9.59 Å². The monoisotopic (exact) mass is 293 g/mol. The molecule has 2 amide bonds. The third-order valence-corrected chi connectivity index (χ3v) is 6.22. The third-order valence-electron chi connectivity index (χ3n) is 6.22. The number of benzene rings is 1. The second-order valence-electron chi connectivity index (χ2n) is 7.22. The van der Waals surface area contributed by atoms with Crippen molar-refractivity contribution in [1.82, 2.24) is 4.90 Å². The van der Waals surface area contributed by atoms with Crippen LogP contribution in [-0.4, -0.2) is 23.3 Å². The van der Waals surface area contributed by atoms with E-state index < -0.39 is 0 Å². The lowest BCUT2D eigenvalue weighted by Crippen LogP contribution is -2.40.